The molecule has 0 unspecified atom stereocenters. The van der Waals surface area contributed by atoms with Gasteiger partial charge in [0.2, 0.25) is 0 Å². The van der Waals surface area contributed by atoms with Gasteiger partial charge in [-0.2, -0.15) is 0 Å². The summed E-state index contributed by atoms with van der Waals surface area (Å²) in [4.78, 5) is 16.8. The molecule has 4 nitrogen and oxygen atoms in total. The summed E-state index contributed by atoms with van der Waals surface area (Å²) < 4.78 is 0. The molecule has 0 aromatic rings. The highest BCUT2D eigenvalue weighted by atomic mass is 16.2. The molecule has 104 valence electrons. The second-order valence-electron chi connectivity index (χ2n) is 6.00. The fraction of sp³-hybridized carbons (Fsp3) is 0.929. The van der Waals surface area contributed by atoms with Gasteiger partial charge in [-0.1, -0.05) is 26.7 Å². The van der Waals surface area contributed by atoms with Gasteiger partial charge in [-0.25, -0.2) is 4.79 Å². The van der Waals surface area contributed by atoms with Crippen LogP contribution in [-0.4, -0.2) is 54.6 Å². The van der Waals surface area contributed by atoms with Crippen molar-refractivity contribution in [2.75, 3.05) is 32.7 Å². The molecule has 4 heteroatoms. The van der Waals surface area contributed by atoms with Crippen LogP contribution in [-0.2, 0) is 0 Å². The van der Waals surface area contributed by atoms with Crippen LogP contribution in [0.3, 0.4) is 0 Å². The van der Waals surface area contributed by atoms with E-state index in [2.05, 4.69) is 24.1 Å². The average molecular weight is 253 g/mol. The molecule has 1 heterocycles. The predicted molar refractivity (Wildman–Crippen MR) is 73.6 cm³/mol. The van der Waals surface area contributed by atoms with E-state index < -0.39 is 0 Å². The van der Waals surface area contributed by atoms with Gasteiger partial charge in [0.15, 0.2) is 0 Å². The zero-order valence-electron chi connectivity index (χ0n) is 11.8. The Morgan fingerprint density at radius 3 is 2.44 bits per heavy atom. The number of amides is 2. The van der Waals surface area contributed by atoms with Crippen molar-refractivity contribution in [1.82, 2.24) is 15.1 Å². The SMILES string of the molecule is CC(C)CN(C(=O)N1CCNCC1)C1CCCC1. The van der Waals surface area contributed by atoms with Crippen molar-refractivity contribution in [1.29, 1.82) is 0 Å². The number of carbonyl (C=O) groups is 1. The zero-order chi connectivity index (χ0) is 13.0. The quantitative estimate of drug-likeness (QED) is 0.834. The van der Waals surface area contributed by atoms with Crippen molar-refractivity contribution in [3.63, 3.8) is 0 Å². The van der Waals surface area contributed by atoms with E-state index in [-0.39, 0.29) is 6.03 Å². The number of urea groups is 1. The van der Waals surface area contributed by atoms with Crippen LogP contribution in [0.15, 0.2) is 0 Å². The maximum atomic E-state index is 12.6. The van der Waals surface area contributed by atoms with E-state index in [1.165, 1.54) is 25.7 Å². The first-order chi connectivity index (χ1) is 8.68. The Bertz CT molecular complexity index is 268. The molecule has 1 aliphatic carbocycles. The maximum absolute atomic E-state index is 12.6. The summed E-state index contributed by atoms with van der Waals surface area (Å²) in [6.07, 6.45) is 4.97. The summed E-state index contributed by atoms with van der Waals surface area (Å²) in [6.45, 7) is 8.91. The fourth-order valence-electron chi connectivity index (χ4n) is 3.03. The van der Waals surface area contributed by atoms with Gasteiger partial charge in [0, 0.05) is 38.8 Å². The Kier molecular flexibility index (Phi) is 4.87. The molecule has 0 aromatic carbocycles. The summed E-state index contributed by atoms with van der Waals surface area (Å²) in [6, 6.07) is 0.770. The molecule has 0 atom stereocenters. The highest BCUT2D eigenvalue weighted by Crippen LogP contribution is 2.25. The van der Waals surface area contributed by atoms with E-state index in [9.17, 15) is 4.79 Å². The minimum Gasteiger partial charge on any atom is -0.322 e. The molecule has 1 aliphatic heterocycles. The number of hydrogen-bond acceptors (Lipinski definition) is 2. The smallest absolute Gasteiger partial charge is 0.320 e. The molecular weight excluding hydrogens is 226 g/mol. The molecule has 0 spiro atoms. The van der Waals surface area contributed by atoms with Crippen LogP contribution in [0.4, 0.5) is 4.79 Å². The first kappa shape index (κ1) is 13.7. The second-order valence-corrected chi connectivity index (χ2v) is 6.00. The molecular formula is C14H27N3O. The molecule has 1 saturated carbocycles. The monoisotopic (exact) mass is 253 g/mol. The van der Waals surface area contributed by atoms with Gasteiger partial charge in [0.25, 0.3) is 0 Å². The van der Waals surface area contributed by atoms with Crippen molar-refractivity contribution in [3.8, 4) is 0 Å². The van der Waals surface area contributed by atoms with E-state index in [0.717, 1.165) is 32.7 Å². The fourth-order valence-corrected chi connectivity index (χ4v) is 3.03. The predicted octanol–water partition coefficient (Wildman–Crippen LogP) is 1.91. The molecule has 1 N–H and O–H groups in total. The topological polar surface area (TPSA) is 35.6 Å². The number of piperazine rings is 1. The molecule has 0 radical (unpaired) electrons. The van der Waals surface area contributed by atoms with Crippen LogP contribution in [0.25, 0.3) is 0 Å². The minimum atomic E-state index is 0.275. The Balaban J connectivity index is 1.99. The standard InChI is InChI=1S/C14H27N3O/c1-12(2)11-17(13-5-3-4-6-13)14(18)16-9-7-15-8-10-16/h12-13,15H,3-11H2,1-2H3. The van der Waals surface area contributed by atoms with E-state index in [1.54, 1.807) is 0 Å². The van der Waals surface area contributed by atoms with Gasteiger partial charge in [-0.3, -0.25) is 0 Å². The first-order valence-corrected chi connectivity index (χ1v) is 7.44. The van der Waals surface area contributed by atoms with Gasteiger partial charge in [0.1, 0.15) is 0 Å². The maximum Gasteiger partial charge on any atom is 0.320 e. The molecule has 1 saturated heterocycles. The zero-order valence-corrected chi connectivity index (χ0v) is 11.8. The van der Waals surface area contributed by atoms with Gasteiger partial charge in [-0.05, 0) is 18.8 Å². The van der Waals surface area contributed by atoms with Gasteiger partial charge in [-0.15, -0.1) is 0 Å². The molecule has 0 aromatic heterocycles. The Labute approximate surface area is 111 Å². The molecule has 2 aliphatic rings. The van der Waals surface area contributed by atoms with Crippen LogP contribution >= 0.6 is 0 Å². The third kappa shape index (κ3) is 3.37. The molecule has 2 rings (SSSR count). The molecule has 0 bridgehead atoms. The van der Waals surface area contributed by atoms with Crippen molar-refractivity contribution >= 4 is 6.03 Å². The Hall–Kier alpha value is -0.770. The summed E-state index contributed by atoms with van der Waals surface area (Å²) in [5, 5.41) is 3.31. The number of nitrogens with one attached hydrogen (secondary N) is 1. The van der Waals surface area contributed by atoms with Gasteiger partial charge >= 0.3 is 6.03 Å². The van der Waals surface area contributed by atoms with Crippen LogP contribution in [0.5, 0.6) is 0 Å². The average Bonchev–Trinajstić information content (AvgIpc) is 2.89. The van der Waals surface area contributed by atoms with Crippen LogP contribution in [0.1, 0.15) is 39.5 Å². The normalized spacial score (nSPS) is 21.6. The number of nitrogens with zero attached hydrogens (tertiary/aromatic N) is 2. The molecule has 2 amide bonds. The molecule has 2 fully saturated rings. The van der Waals surface area contributed by atoms with E-state index >= 15 is 0 Å². The lowest BCUT2D eigenvalue weighted by molar-refractivity contribution is 0.121. The lowest BCUT2D eigenvalue weighted by Gasteiger charge is -2.37. The van der Waals surface area contributed by atoms with Crippen LogP contribution in [0.2, 0.25) is 0 Å². The number of hydrogen-bond donors (Lipinski definition) is 1. The second kappa shape index (κ2) is 6.41. The van der Waals surface area contributed by atoms with Crippen molar-refractivity contribution in [3.05, 3.63) is 0 Å². The lowest BCUT2D eigenvalue weighted by Crippen LogP contribution is -2.54. The highest BCUT2D eigenvalue weighted by molar-refractivity contribution is 5.75. The van der Waals surface area contributed by atoms with Crippen molar-refractivity contribution < 1.29 is 4.79 Å². The van der Waals surface area contributed by atoms with Crippen molar-refractivity contribution in [2.24, 2.45) is 5.92 Å². The summed E-state index contributed by atoms with van der Waals surface area (Å²) in [7, 11) is 0. The summed E-state index contributed by atoms with van der Waals surface area (Å²) >= 11 is 0. The van der Waals surface area contributed by atoms with Gasteiger partial charge in [0.05, 0.1) is 0 Å². The van der Waals surface area contributed by atoms with E-state index in [4.69, 9.17) is 0 Å². The van der Waals surface area contributed by atoms with E-state index in [1.807, 2.05) is 4.90 Å². The first-order valence-electron chi connectivity index (χ1n) is 7.44. The Morgan fingerprint density at radius 2 is 1.89 bits per heavy atom. The van der Waals surface area contributed by atoms with E-state index in [0.29, 0.717) is 12.0 Å². The van der Waals surface area contributed by atoms with Crippen LogP contribution < -0.4 is 5.32 Å². The van der Waals surface area contributed by atoms with Crippen molar-refractivity contribution in [2.45, 2.75) is 45.6 Å². The molecule has 18 heavy (non-hydrogen) atoms. The van der Waals surface area contributed by atoms with Gasteiger partial charge < -0.3 is 15.1 Å². The largest absolute Gasteiger partial charge is 0.322 e. The Morgan fingerprint density at radius 1 is 1.28 bits per heavy atom. The third-order valence-electron chi connectivity index (χ3n) is 3.96. The number of rotatable bonds is 3. The lowest BCUT2D eigenvalue weighted by atomic mass is 10.1. The summed E-state index contributed by atoms with van der Waals surface area (Å²) in [5.41, 5.74) is 0. The highest BCUT2D eigenvalue weighted by Gasteiger charge is 2.30. The number of carbonyl (C=O) groups excluding carboxylic acids is 1. The third-order valence-corrected chi connectivity index (χ3v) is 3.96. The minimum absolute atomic E-state index is 0.275. The summed E-state index contributed by atoms with van der Waals surface area (Å²) in [5.74, 6) is 0.553. The van der Waals surface area contributed by atoms with Crippen LogP contribution in [0, 0.1) is 5.92 Å².